The lowest BCUT2D eigenvalue weighted by Crippen LogP contribution is -2.44. The number of likely N-dealkylation sites (tertiary alicyclic amines) is 1. The van der Waals surface area contributed by atoms with E-state index < -0.39 is 5.97 Å². The number of methoxy groups -OCH3 is 2. The molecule has 2 amide bonds. The lowest BCUT2D eigenvalue weighted by molar-refractivity contribution is -0.119. The lowest BCUT2D eigenvalue weighted by Gasteiger charge is -2.38. The third-order valence-corrected chi connectivity index (χ3v) is 5.12. The lowest BCUT2D eigenvalue weighted by atomic mass is 9.77. The molecular formula is C18H22N2O5. The molecule has 7 nitrogen and oxygen atoms in total. The molecule has 0 aliphatic carbocycles. The predicted molar refractivity (Wildman–Crippen MR) is 89.5 cm³/mol. The molecule has 0 aromatic heterocycles. The van der Waals surface area contributed by atoms with Crippen molar-refractivity contribution in [3.8, 4) is 5.75 Å². The number of esters is 1. The summed E-state index contributed by atoms with van der Waals surface area (Å²) in [4.78, 5) is 37.9. The number of ether oxygens (including phenoxy) is 2. The van der Waals surface area contributed by atoms with Crippen molar-refractivity contribution in [2.75, 3.05) is 33.9 Å². The second-order valence-corrected chi connectivity index (χ2v) is 6.69. The van der Waals surface area contributed by atoms with E-state index in [1.54, 1.807) is 17.0 Å². The molecule has 1 aromatic carbocycles. The SMILES string of the molecule is COC(=O)c1cc(OC)cc(C(=O)N2CCC3(CC2)CNC(=O)C3)c1. The molecule has 2 aliphatic heterocycles. The van der Waals surface area contributed by atoms with Gasteiger partial charge in [0.05, 0.1) is 19.8 Å². The first-order valence-corrected chi connectivity index (χ1v) is 8.30. The third-order valence-electron chi connectivity index (χ3n) is 5.12. The fourth-order valence-corrected chi connectivity index (χ4v) is 3.55. The van der Waals surface area contributed by atoms with E-state index in [0.717, 1.165) is 12.8 Å². The summed E-state index contributed by atoms with van der Waals surface area (Å²) in [6.07, 6.45) is 2.14. The van der Waals surface area contributed by atoms with Crippen LogP contribution < -0.4 is 10.1 Å². The maximum absolute atomic E-state index is 12.8. The van der Waals surface area contributed by atoms with Crippen molar-refractivity contribution in [2.45, 2.75) is 19.3 Å². The minimum absolute atomic E-state index is 0.0145. The monoisotopic (exact) mass is 346 g/mol. The van der Waals surface area contributed by atoms with E-state index in [4.69, 9.17) is 9.47 Å². The van der Waals surface area contributed by atoms with E-state index in [1.807, 2.05) is 0 Å². The highest BCUT2D eigenvalue weighted by Gasteiger charge is 2.41. The molecule has 25 heavy (non-hydrogen) atoms. The molecular weight excluding hydrogens is 324 g/mol. The maximum atomic E-state index is 12.8. The number of piperidine rings is 1. The molecule has 2 fully saturated rings. The molecule has 0 unspecified atom stereocenters. The Kier molecular flexibility index (Phi) is 4.65. The van der Waals surface area contributed by atoms with Crippen molar-refractivity contribution in [1.29, 1.82) is 0 Å². The van der Waals surface area contributed by atoms with Gasteiger partial charge in [-0.25, -0.2) is 4.79 Å². The van der Waals surface area contributed by atoms with Crippen LogP contribution in [0.1, 0.15) is 40.0 Å². The fourth-order valence-electron chi connectivity index (χ4n) is 3.55. The number of nitrogens with zero attached hydrogens (tertiary/aromatic N) is 1. The molecule has 1 spiro atoms. The number of amides is 2. The highest BCUT2D eigenvalue weighted by molar-refractivity contribution is 5.98. The Morgan fingerprint density at radius 3 is 2.36 bits per heavy atom. The average molecular weight is 346 g/mol. The van der Waals surface area contributed by atoms with E-state index >= 15 is 0 Å². The standard InChI is InChI=1S/C18H22N2O5/c1-24-14-8-12(7-13(9-14)17(23)25-2)16(22)20-5-3-18(4-6-20)10-15(21)19-11-18/h7-9H,3-6,10-11H2,1-2H3,(H,19,21). The van der Waals surface area contributed by atoms with Crippen LogP contribution in [0.4, 0.5) is 0 Å². The van der Waals surface area contributed by atoms with E-state index in [2.05, 4.69) is 5.32 Å². The van der Waals surface area contributed by atoms with E-state index in [1.165, 1.54) is 20.3 Å². The molecule has 2 aliphatic rings. The van der Waals surface area contributed by atoms with Crippen molar-refractivity contribution in [1.82, 2.24) is 10.2 Å². The number of benzene rings is 1. The first kappa shape index (κ1) is 17.3. The molecule has 1 aromatic rings. The summed E-state index contributed by atoms with van der Waals surface area (Å²) in [5.74, 6) is -0.127. The fraction of sp³-hybridized carbons (Fsp3) is 0.500. The highest BCUT2D eigenvalue weighted by Crippen LogP contribution is 2.37. The molecule has 0 atom stereocenters. The van der Waals surface area contributed by atoms with E-state index in [9.17, 15) is 14.4 Å². The Bertz CT molecular complexity index is 707. The topological polar surface area (TPSA) is 84.9 Å². The van der Waals surface area contributed by atoms with E-state index in [0.29, 0.717) is 37.4 Å². The molecule has 0 radical (unpaired) electrons. The van der Waals surface area contributed by atoms with Crippen LogP contribution in [-0.2, 0) is 9.53 Å². The maximum Gasteiger partial charge on any atom is 0.338 e. The van der Waals surface area contributed by atoms with Crippen LogP contribution >= 0.6 is 0 Å². The summed E-state index contributed by atoms with van der Waals surface area (Å²) in [6.45, 7) is 1.89. The van der Waals surface area contributed by atoms with Crippen LogP contribution in [0.3, 0.4) is 0 Å². The summed E-state index contributed by atoms with van der Waals surface area (Å²) in [6, 6.07) is 4.70. The Hall–Kier alpha value is -2.57. The van der Waals surface area contributed by atoms with E-state index in [-0.39, 0.29) is 22.8 Å². The summed E-state index contributed by atoms with van der Waals surface area (Å²) in [5.41, 5.74) is 0.667. The molecule has 2 saturated heterocycles. The molecule has 1 N–H and O–H groups in total. The first-order chi connectivity index (χ1) is 12.0. The molecule has 0 saturated carbocycles. The van der Waals surface area contributed by atoms with Gasteiger partial charge in [-0.05, 0) is 36.5 Å². The van der Waals surface area contributed by atoms with Crippen LogP contribution in [0.2, 0.25) is 0 Å². The Labute approximate surface area is 146 Å². The van der Waals surface area contributed by atoms with Gasteiger partial charge in [0.15, 0.2) is 0 Å². The average Bonchev–Trinajstić information content (AvgIpc) is 3.00. The number of nitrogens with one attached hydrogen (secondary N) is 1. The molecule has 3 rings (SSSR count). The number of hydrogen-bond donors (Lipinski definition) is 1. The first-order valence-electron chi connectivity index (χ1n) is 8.30. The van der Waals surface area contributed by atoms with Gasteiger partial charge in [0.1, 0.15) is 5.75 Å². The third kappa shape index (κ3) is 3.45. The van der Waals surface area contributed by atoms with Crippen LogP contribution in [0.25, 0.3) is 0 Å². The van der Waals surface area contributed by atoms with Gasteiger partial charge in [-0.3, -0.25) is 9.59 Å². The van der Waals surface area contributed by atoms with Crippen LogP contribution in [-0.4, -0.2) is 56.5 Å². The van der Waals surface area contributed by atoms with Crippen molar-refractivity contribution in [2.24, 2.45) is 5.41 Å². The number of rotatable bonds is 3. The summed E-state index contributed by atoms with van der Waals surface area (Å²) in [7, 11) is 2.78. The van der Waals surface area contributed by atoms with Crippen LogP contribution in [0.5, 0.6) is 5.75 Å². The summed E-state index contributed by atoms with van der Waals surface area (Å²) < 4.78 is 9.92. The molecule has 2 heterocycles. The summed E-state index contributed by atoms with van der Waals surface area (Å²) in [5, 5.41) is 2.89. The zero-order chi connectivity index (χ0) is 18.0. The largest absolute Gasteiger partial charge is 0.497 e. The number of carbonyl (C=O) groups excluding carboxylic acids is 3. The number of hydrogen-bond acceptors (Lipinski definition) is 5. The molecule has 0 bridgehead atoms. The normalized spacial score (nSPS) is 18.8. The van der Waals surface area contributed by atoms with Gasteiger partial charge in [0.2, 0.25) is 5.91 Å². The highest BCUT2D eigenvalue weighted by atomic mass is 16.5. The zero-order valence-electron chi connectivity index (χ0n) is 14.5. The van der Waals surface area contributed by atoms with Gasteiger partial charge in [-0.2, -0.15) is 0 Å². The smallest absolute Gasteiger partial charge is 0.338 e. The Balaban J connectivity index is 1.75. The van der Waals surface area contributed by atoms with Gasteiger partial charge in [-0.1, -0.05) is 0 Å². The minimum Gasteiger partial charge on any atom is -0.497 e. The van der Waals surface area contributed by atoms with Gasteiger partial charge in [0, 0.05) is 31.6 Å². The second kappa shape index (κ2) is 6.74. The van der Waals surface area contributed by atoms with Crippen molar-refractivity contribution in [3.63, 3.8) is 0 Å². The second-order valence-electron chi connectivity index (χ2n) is 6.69. The number of carbonyl (C=O) groups is 3. The summed E-state index contributed by atoms with van der Waals surface area (Å²) >= 11 is 0. The van der Waals surface area contributed by atoms with Crippen molar-refractivity contribution < 1.29 is 23.9 Å². The molecule has 7 heteroatoms. The zero-order valence-corrected chi connectivity index (χ0v) is 14.5. The quantitative estimate of drug-likeness (QED) is 0.832. The van der Waals surface area contributed by atoms with Crippen LogP contribution in [0.15, 0.2) is 18.2 Å². The van der Waals surface area contributed by atoms with Gasteiger partial charge < -0.3 is 19.7 Å². The molecule has 134 valence electrons. The van der Waals surface area contributed by atoms with Gasteiger partial charge >= 0.3 is 5.97 Å². The van der Waals surface area contributed by atoms with Crippen molar-refractivity contribution >= 4 is 17.8 Å². The Morgan fingerprint density at radius 1 is 1.12 bits per heavy atom. The van der Waals surface area contributed by atoms with Gasteiger partial charge in [-0.15, -0.1) is 0 Å². The predicted octanol–water partition coefficient (Wildman–Crippen LogP) is 1.22. The van der Waals surface area contributed by atoms with Crippen LogP contribution in [0, 0.1) is 5.41 Å². The Morgan fingerprint density at radius 2 is 1.80 bits per heavy atom. The van der Waals surface area contributed by atoms with Crippen molar-refractivity contribution in [3.05, 3.63) is 29.3 Å². The van der Waals surface area contributed by atoms with Gasteiger partial charge in [0.25, 0.3) is 5.91 Å². The minimum atomic E-state index is -0.513.